The Bertz CT molecular complexity index is 3550. The van der Waals surface area contributed by atoms with E-state index in [2.05, 4.69) is 267 Å². The Morgan fingerprint density at radius 3 is 0.397 bits per heavy atom. The van der Waals surface area contributed by atoms with Crippen LogP contribution in [0.15, 0.2) is 170 Å². The fraction of sp³-hybridized carbons (Fsp3) is 0.638. The van der Waals surface area contributed by atoms with Crippen LogP contribution in [0.25, 0.3) is 22.3 Å². The molecular formula is C116H170. The van der Waals surface area contributed by atoms with Crippen LogP contribution in [-0.4, -0.2) is 0 Å². The topological polar surface area (TPSA) is 0 Å². The highest BCUT2D eigenvalue weighted by Gasteiger charge is 2.36. The summed E-state index contributed by atoms with van der Waals surface area (Å²) in [5.41, 5.74) is 19.5. The van der Waals surface area contributed by atoms with Crippen molar-refractivity contribution >= 4 is 0 Å². The molecule has 0 heterocycles. The van der Waals surface area contributed by atoms with Gasteiger partial charge in [-0.2, -0.15) is 0 Å². The molecule has 0 unspecified atom stereocenters. The third-order valence-corrected chi connectivity index (χ3v) is 32.5. The van der Waals surface area contributed by atoms with E-state index in [9.17, 15) is 0 Å². The minimum atomic E-state index is 0.790. The van der Waals surface area contributed by atoms with Crippen LogP contribution in [0.4, 0.5) is 0 Å². The molecule has 0 saturated heterocycles. The quantitative estimate of drug-likeness (QED) is 0.128. The van der Waals surface area contributed by atoms with Crippen molar-refractivity contribution in [3.8, 4) is 22.3 Å². The second-order valence-electron chi connectivity index (χ2n) is 42.2. The smallest absolute Gasteiger partial charge is 0.0162 e. The standard InChI is InChI=1S/C20H36.C20H30.C20H24.C14H26.2C14H20.C14H14/c3*1-15-3-7-17(8-4-15)19-11-13-20(14-12-19)18-9-5-16(2)6-10-18;4*1-11-3-7-13(8-4-11)14-9-5-12(2)6-10-14/h15-20H,3-14H2,1-2H3;3-4,7-8,16,18-20H,5-6,9-14H2,1-2H3;3-4,7-8,11-14,16,18H,5-6,9-10H2,1-2H3;11-14H,3-10H2,1-2H3;2*3-4,7-8,12,14H,5-6,9-10H2,1-2H3;3-10H,1-2H3. The van der Waals surface area contributed by atoms with Crippen LogP contribution in [0.2, 0.25) is 0 Å². The molecule has 7 aromatic carbocycles. The normalized spacial score (nSPS) is 31.4. The number of rotatable bonds is 10. The molecule has 0 heteroatoms. The van der Waals surface area contributed by atoms with Gasteiger partial charge in [0.1, 0.15) is 0 Å². The predicted molar refractivity (Wildman–Crippen MR) is 508 cm³/mol. The lowest BCUT2D eigenvalue weighted by Crippen LogP contribution is -2.29. The van der Waals surface area contributed by atoms with Crippen molar-refractivity contribution < 1.29 is 0 Å². The summed E-state index contributed by atoms with van der Waals surface area (Å²) in [7, 11) is 0. The predicted octanol–water partition coefficient (Wildman–Crippen LogP) is 35.7. The molecule has 116 heavy (non-hydrogen) atoms. The maximum Gasteiger partial charge on any atom is -0.0162 e. The zero-order valence-corrected chi connectivity index (χ0v) is 77.0. The zero-order chi connectivity index (χ0) is 81.7. The van der Waals surface area contributed by atoms with Gasteiger partial charge in [0, 0.05) is 0 Å². The van der Waals surface area contributed by atoms with Crippen molar-refractivity contribution in [3.63, 3.8) is 0 Å². The van der Waals surface area contributed by atoms with Crippen molar-refractivity contribution in [1.29, 1.82) is 0 Å². The first kappa shape index (κ1) is 91.3. The van der Waals surface area contributed by atoms with E-state index in [1.54, 1.807) is 93.7 Å². The van der Waals surface area contributed by atoms with Gasteiger partial charge in [0.25, 0.3) is 0 Å². The monoisotopic (exact) mass is 1560 g/mol. The lowest BCUT2D eigenvalue weighted by atomic mass is 9.65. The molecule has 10 fully saturated rings. The molecule has 0 amide bonds. The largest absolute Gasteiger partial charge is 0.0625 e. The number of hydrogen-bond acceptors (Lipinski definition) is 0. The third kappa shape index (κ3) is 30.0. The van der Waals surface area contributed by atoms with Crippen LogP contribution in [0, 0.1) is 136 Å². The van der Waals surface area contributed by atoms with Crippen molar-refractivity contribution in [1.82, 2.24) is 0 Å². The fourth-order valence-electron chi connectivity index (χ4n) is 23.3. The molecule has 0 radical (unpaired) electrons. The average Bonchev–Trinajstić information content (AvgIpc) is 0.832. The molecular weight excluding hydrogens is 1390 g/mol. The molecule has 10 saturated carbocycles. The lowest BCUT2D eigenvalue weighted by molar-refractivity contribution is 0.108. The maximum atomic E-state index is 2.46. The second kappa shape index (κ2) is 47.7. The molecule has 10 aliphatic carbocycles. The highest BCUT2D eigenvalue weighted by Crippen LogP contribution is 2.49. The van der Waals surface area contributed by atoms with E-state index in [1.165, 1.54) is 241 Å². The van der Waals surface area contributed by atoms with Gasteiger partial charge in [0.2, 0.25) is 0 Å². The van der Waals surface area contributed by atoms with Gasteiger partial charge in [-0.05, 0) is 359 Å². The van der Waals surface area contributed by atoms with Gasteiger partial charge < -0.3 is 0 Å². The fourth-order valence-corrected chi connectivity index (χ4v) is 23.3. The number of benzene rings is 7. The van der Waals surface area contributed by atoms with Gasteiger partial charge >= 0.3 is 0 Å². The van der Waals surface area contributed by atoms with E-state index >= 15 is 0 Å². The zero-order valence-electron chi connectivity index (χ0n) is 77.0. The highest BCUT2D eigenvalue weighted by atomic mass is 14.4. The summed E-state index contributed by atoms with van der Waals surface area (Å²) >= 11 is 0. The van der Waals surface area contributed by atoms with Crippen LogP contribution in [0.3, 0.4) is 0 Å². The Hall–Kier alpha value is -5.46. The molecule has 10 aliphatic rings. The first-order valence-electron chi connectivity index (χ1n) is 49.7. The van der Waals surface area contributed by atoms with E-state index in [-0.39, 0.29) is 0 Å². The van der Waals surface area contributed by atoms with E-state index in [1.807, 2.05) is 0 Å². The van der Waals surface area contributed by atoms with Gasteiger partial charge in [-0.25, -0.2) is 0 Å². The van der Waals surface area contributed by atoms with Crippen LogP contribution in [0.1, 0.15) is 392 Å². The van der Waals surface area contributed by atoms with Crippen LogP contribution < -0.4 is 0 Å². The summed E-state index contributed by atoms with van der Waals surface area (Å²) in [5.74, 6) is 20.0. The molecule has 17 rings (SSSR count). The molecule has 0 nitrogen and oxygen atoms in total. The van der Waals surface area contributed by atoms with Crippen LogP contribution in [-0.2, 0) is 0 Å². The molecule has 0 spiro atoms. The third-order valence-electron chi connectivity index (χ3n) is 32.5. The van der Waals surface area contributed by atoms with Crippen molar-refractivity contribution in [2.75, 3.05) is 0 Å². The molecule has 0 N–H and O–H groups in total. The Kier molecular flexibility index (Phi) is 37.5. The van der Waals surface area contributed by atoms with Gasteiger partial charge in [-0.3, -0.25) is 0 Å². The molecule has 0 aliphatic heterocycles. The summed E-state index contributed by atoms with van der Waals surface area (Å²) in [6.07, 6.45) is 59.4. The number of aryl methyl sites for hydroxylation is 6. The Labute approximate surface area is 715 Å². The minimum Gasteiger partial charge on any atom is -0.0625 e. The molecule has 0 atom stereocenters. The van der Waals surface area contributed by atoms with Crippen LogP contribution in [0.5, 0.6) is 0 Å². The molecule has 0 bridgehead atoms. The Balaban J connectivity index is 0.000000134. The first-order chi connectivity index (χ1) is 56.2. The Morgan fingerprint density at radius 2 is 0.233 bits per heavy atom. The van der Waals surface area contributed by atoms with Crippen molar-refractivity contribution in [2.45, 2.75) is 377 Å². The van der Waals surface area contributed by atoms with E-state index in [4.69, 9.17) is 0 Å². The highest BCUT2D eigenvalue weighted by molar-refractivity contribution is 5.65. The first-order valence-corrected chi connectivity index (χ1v) is 49.7. The van der Waals surface area contributed by atoms with E-state index < -0.39 is 0 Å². The maximum absolute atomic E-state index is 2.46. The molecule has 7 aromatic rings. The Morgan fingerprint density at radius 1 is 0.129 bits per heavy atom. The summed E-state index contributed by atoms with van der Waals surface area (Å²) < 4.78 is 0. The van der Waals surface area contributed by atoms with Gasteiger partial charge in [-0.1, -0.05) is 361 Å². The van der Waals surface area contributed by atoms with Gasteiger partial charge in [-0.15, -0.1) is 0 Å². The van der Waals surface area contributed by atoms with E-state index in [0.717, 1.165) is 118 Å². The van der Waals surface area contributed by atoms with Crippen molar-refractivity contribution in [3.05, 3.63) is 225 Å². The summed E-state index contributed by atoms with van der Waals surface area (Å²) in [6, 6.07) is 62.9. The summed E-state index contributed by atoms with van der Waals surface area (Å²) in [4.78, 5) is 0. The second-order valence-corrected chi connectivity index (χ2v) is 42.2. The summed E-state index contributed by atoms with van der Waals surface area (Å²) in [6.45, 7) is 32.2. The van der Waals surface area contributed by atoms with Crippen molar-refractivity contribution in [2.24, 2.45) is 94.7 Å². The van der Waals surface area contributed by atoms with Gasteiger partial charge in [0.15, 0.2) is 0 Å². The van der Waals surface area contributed by atoms with Crippen LogP contribution >= 0.6 is 0 Å². The SMILES string of the molecule is CC1CCC(C2CCC(C)CC2)CC1.CC1CCC(C2CCC(C3CCC(C)CC3)CC2)CC1.Cc1ccc(-c2ccc(C)cc2)cc1.Cc1ccc(-c2ccc(C3CCC(C)CC3)cc2)cc1.Cc1ccc(C2CCC(C)CC2)cc1.Cc1ccc(C2CCC(C)CC2)cc1.Cc1ccc(C2CCC(C3CCC(C)CC3)CC2)cc1. The molecule has 0 aromatic heterocycles. The van der Waals surface area contributed by atoms with E-state index in [0.29, 0.717) is 0 Å². The lowest BCUT2D eigenvalue weighted by Gasteiger charge is -2.41. The minimum absolute atomic E-state index is 0.790. The summed E-state index contributed by atoms with van der Waals surface area (Å²) in [5, 5.41) is 0. The molecule has 634 valence electrons. The number of hydrogen-bond donors (Lipinski definition) is 0. The van der Waals surface area contributed by atoms with Gasteiger partial charge in [0.05, 0.1) is 0 Å². The average molecular weight is 1560 g/mol.